The lowest BCUT2D eigenvalue weighted by molar-refractivity contribution is 0.519. The number of imidazole rings is 1. The quantitative estimate of drug-likeness (QED) is 0.813. The third-order valence-corrected chi connectivity index (χ3v) is 6.02. The molecule has 2 N–H and O–H groups in total. The molecule has 1 aliphatic rings. The lowest BCUT2D eigenvalue weighted by Gasteiger charge is -2.10. The van der Waals surface area contributed by atoms with Crippen LogP contribution in [0.25, 0.3) is 11.0 Å². The minimum absolute atomic E-state index is 0.170. The Hall–Kier alpha value is -1.64. The molecule has 0 bridgehead atoms. The minimum Gasteiger partial charge on any atom is -0.316 e. The van der Waals surface area contributed by atoms with E-state index in [-0.39, 0.29) is 10.6 Å². The number of nitrogens with one attached hydrogen (secondary N) is 2. The molecule has 2 aromatic rings. The maximum atomic E-state index is 12.4. The smallest absolute Gasteiger partial charge is 0.316 e. The number of nitrogens with zero attached hydrogens (tertiary/aromatic N) is 2. The van der Waals surface area contributed by atoms with E-state index in [9.17, 15) is 13.2 Å². The van der Waals surface area contributed by atoms with Crippen molar-refractivity contribution in [2.24, 2.45) is 20.0 Å². The van der Waals surface area contributed by atoms with Crippen LogP contribution in [0, 0.1) is 5.92 Å². The maximum absolute atomic E-state index is 12.4. The van der Waals surface area contributed by atoms with Gasteiger partial charge >= 0.3 is 5.69 Å². The summed E-state index contributed by atoms with van der Waals surface area (Å²) < 4.78 is 30.5. The monoisotopic (exact) mass is 338 g/mol. The summed E-state index contributed by atoms with van der Waals surface area (Å²) in [6.45, 7) is 2.40. The molecule has 1 saturated heterocycles. The average Bonchev–Trinajstić information content (AvgIpc) is 3.11. The van der Waals surface area contributed by atoms with Crippen molar-refractivity contribution >= 4 is 21.1 Å². The van der Waals surface area contributed by atoms with Gasteiger partial charge in [0.25, 0.3) is 0 Å². The molecule has 3 rings (SSSR count). The van der Waals surface area contributed by atoms with Gasteiger partial charge in [-0.25, -0.2) is 17.9 Å². The SMILES string of the molecule is Cn1c(=O)n(C)c2cc(S(=O)(=O)NCCC3CCNC3)ccc21. The summed E-state index contributed by atoms with van der Waals surface area (Å²) in [5.74, 6) is 0.537. The highest BCUT2D eigenvalue weighted by atomic mass is 32.2. The number of hydrogen-bond acceptors (Lipinski definition) is 4. The number of rotatable bonds is 5. The first-order chi connectivity index (χ1) is 10.9. The van der Waals surface area contributed by atoms with Crippen LogP contribution in [0.4, 0.5) is 0 Å². The Morgan fingerprint density at radius 1 is 1.26 bits per heavy atom. The second-order valence-corrected chi connectivity index (χ2v) is 7.86. The maximum Gasteiger partial charge on any atom is 0.328 e. The fourth-order valence-electron chi connectivity index (χ4n) is 3.10. The first kappa shape index (κ1) is 16.2. The third-order valence-electron chi connectivity index (χ3n) is 4.56. The molecule has 1 aliphatic heterocycles. The van der Waals surface area contributed by atoms with Crippen molar-refractivity contribution in [1.82, 2.24) is 19.2 Å². The molecule has 0 spiro atoms. The standard InChI is InChI=1S/C15H22N4O3S/c1-18-13-4-3-12(9-14(13)19(2)15(18)20)23(21,22)17-8-6-11-5-7-16-10-11/h3-4,9,11,16-17H,5-8,10H2,1-2H3. The van der Waals surface area contributed by atoms with Crippen LogP contribution in [0.3, 0.4) is 0 Å². The average molecular weight is 338 g/mol. The lowest BCUT2D eigenvalue weighted by atomic mass is 10.1. The van der Waals surface area contributed by atoms with E-state index in [1.54, 1.807) is 32.3 Å². The predicted molar refractivity (Wildman–Crippen MR) is 88.9 cm³/mol. The van der Waals surface area contributed by atoms with Crippen molar-refractivity contribution in [3.8, 4) is 0 Å². The van der Waals surface area contributed by atoms with Crippen LogP contribution in [0.5, 0.6) is 0 Å². The van der Waals surface area contributed by atoms with Gasteiger partial charge in [-0.1, -0.05) is 0 Å². The molecule has 1 fully saturated rings. The Balaban J connectivity index is 1.80. The molecule has 1 aromatic heterocycles. The summed E-state index contributed by atoms with van der Waals surface area (Å²) >= 11 is 0. The fraction of sp³-hybridized carbons (Fsp3) is 0.533. The topological polar surface area (TPSA) is 85.1 Å². The molecule has 7 nitrogen and oxygen atoms in total. The highest BCUT2D eigenvalue weighted by Crippen LogP contribution is 2.18. The number of aryl methyl sites for hydroxylation is 2. The van der Waals surface area contributed by atoms with Crippen LogP contribution >= 0.6 is 0 Å². The van der Waals surface area contributed by atoms with E-state index in [0.717, 1.165) is 25.9 Å². The van der Waals surface area contributed by atoms with E-state index in [1.807, 2.05) is 0 Å². The number of aromatic nitrogens is 2. The highest BCUT2D eigenvalue weighted by molar-refractivity contribution is 7.89. The van der Waals surface area contributed by atoms with Crippen LogP contribution in [-0.2, 0) is 24.1 Å². The Labute approximate surface area is 135 Å². The largest absolute Gasteiger partial charge is 0.328 e. The Kier molecular flexibility index (Phi) is 4.31. The van der Waals surface area contributed by atoms with Crippen LogP contribution in [0.15, 0.2) is 27.9 Å². The molecule has 1 aromatic carbocycles. The van der Waals surface area contributed by atoms with Gasteiger partial charge in [0.15, 0.2) is 0 Å². The van der Waals surface area contributed by atoms with Gasteiger partial charge in [0, 0.05) is 20.6 Å². The van der Waals surface area contributed by atoms with Gasteiger partial charge in [-0.05, 0) is 50.0 Å². The minimum atomic E-state index is -3.56. The van der Waals surface area contributed by atoms with Crippen molar-refractivity contribution in [3.05, 3.63) is 28.7 Å². The molecule has 0 saturated carbocycles. The van der Waals surface area contributed by atoms with E-state index in [1.165, 1.54) is 9.13 Å². The predicted octanol–water partition coefficient (Wildman–Crippen LogP) is 0.155. The first-order valence-electron chi connectivity index (χ1n) is 7.76. The summed E-state index contributed by atoms with van der Waals surface area (Å²) in [4.78, 5) is 12.1. The van der Waals surface area contributed by atoms with Crippen molar-refractivity contribution in [2.45, 2.75) is 17.7 Å². The van der Waals surface area contributed by atoms with Gasteiger partial charge in [0.1, 0.15) is 0 Å². The zero-order chi connectivity index (χ0) is 16.6. The zero-order valence-corrected chi connectivity index (χ0v) is 14.2. The molecular formula is C15H22N4O3S. The Morgan fingerprint density at radius 3 is 2.70 bits per heavy atom. The molecule has 1 unspecified atom stereocenters. The third kappa shape index (κ3) is 3.06. The number of hydrogen-bond donors (Lipinski definition) is 2. The van der Waals surface area contributed by atoms with Crippen molar-refractivity contribution in [3.63, 3.8) is 0 Å². The van der Waals surface area contributed by atoms with Gasteiger partial charge in [-0.3, -0.25) is 9.13 Å². The van der Waals surface area contributed by atoms with Crippen LogP contribution < -0.4 is 15.7 Å². The van der Waals surface area contributed by atoms with Crippen molar-refractivity contribution in [1.29, 1.82) is 0 Å². The Morgan fingerprint density at radius 2 is 2.00 bits per heavy atom. The highest BCUT2D eigenvalue weighted by Gasteiger charge is 2.19. The van der Waals surface area contributed by atoms with Gasteiger partial charge < -0.3 is 5.32 Å². The van der Waals surface area contributed by atoms with E-state index in [2.05, 4.69) is 10.0 Å². The molecule has 1 atom stereocenters. The number of fused-ring (bicyclic) bond motifs is 1. The van der Waals surface area contributed by atoms with E-state index < -0.39 is 10.0 Å². The van der Waals surface area contributed by atoms with Crippen molar-refractivity contribution in [2.75, 3.05) is 19.6 Å². The van der Waals surface area contributed by atoms with Gasteiger partial charge in [0.05, 0.1) is 15.9 Å². The van der Waals surface area contributed by atoms with Crippen LogP contribution in [0.1, 0.15) is 12.8 Å². The second kappa shape index (κ2) is 6.10. The molecular weight excluding hydrogens is 316 g/mol. The molecule has 0 radical (unpaired) electrons. The molecule has 126 valence electrons. The van der Waals surface area contributed by atoms with E-state index in [4.69, 9.17) is 0 Å². The number of sulfonamides is 1. The lowest BCUT2D eigenvalue weighted by Crippen LogP contribution is -2.26. The molecule has 0 aliphatic carbocycles. The van der Waals surface area contributed by atoms with E-state index in [0.29, 0.717) is 23.5 Å². The summed E-state index contributed by atoms with van der Waals surface area (Å²) in [6.07, 6.45) is 1.93. The molecule has 8 heteroatoms. The summed E-state index contributed by atoms with van der Waals surface area (Å²) in [5.41, 5.74) is 1.16. The fourth-order valence-corrected chi connectivity index (χ4v) is 4.16. The molecule has 0 amide bonds. The van der Waals surface area contributed by atoms with Crippen molar-refractivity contribution < 1.29 is 8.42 Å². The molecule has 2 heterocycles. The Bertz CT molecular complexity index is 876. The molecule has 23 heavy (non-hydrogen) atoms. The van der Waals surface area contributed by atoms with Gasteiger partial charge in [0.2, 0.25) is 10.0 Å². The first-order valence-corrected chi connectivity index (χ1v) is 9.24. The van der Waals surface area contributed by atoms with E-state index >= 15 is 0 Å². The second-order valence-electron chi connectivity index (χ2n) is 6.10. The van der Waals surface area contributed by atoms with Gasteiger partial charge in [-0.15, -0.1) is 0 Å². The zero-order valence-electron chi connectivity index (χ0n) is 13.4. The summed E-state index contributed by atoms with van der Waals surface area (Å²) in [5, 5.41) is 3.27. The van der Waals surface area contributed by atoms with Gasteiger partial charge in [-0.2, -0.15) is 0 Å². The van der Waals surface area contributed by atoms with Crippen LogP contribution in [-0.4, -0.2) is 37.2 Å². The summed E-state index contributed by atoms with van der Waals surface area (Å²) in [7, 11) is -0.245. The normalized spacial score (nSPS) is 18.8. The number of benzene rings is 1. The van der Waals surface area contributed by atoms with Crippen LogP contribution in [0.2, 0.25) is 0 Å². The summed E-state index contributed by atoms with van der Waals surface area (Å²) in [6, 6.07) is 4.77.